The van der Waals surface area contributed by atoms with Gasteiger partial charge in [-0.3, -0.25) is 0 Å². The minimum absolute atomic E-state index is 0.485. The number of aromatic nitrogens is 3. The molecule has 1 saturated carbocycles. The Hall–Kier alpha value is -2.17. The molecular weight excluding hydrogens is 276 g/mol. The van der Waals surface area contributed by atoms with Gasteiger partial charge in [0.05, 0.1) is 12.8 Å². The molecule has 0 amide bonds. The molecule has 0 unspecified atom stereocenters. The molecule has 0 aliphatic heterocycles. The molecule has 0 radical (unpaired) electrons. The summed E-state index contributed by atoms with van der Waals surface area (Å²) in [7, 11) is 1.61. The summed E-state index contributed by atoms with van der Waals surface area (Å²) in [6.45, 7) is 2.32. The largest absolute Gasteiger partial charge is 0.481 e. The second kappa shape index (κ2) is 6.73. The lowest BCUT2D eigenvalue weighted by molar-refractivity contribution is 0.360. The average Bonchev–Trinajstić information content (AvgIpc) is 2.57. The maximum absolute atomic E-state index is 5.17. The number of pyridine rings is 1. The Morgan fingerprint density at radius 1 is 1.09 bits per heavy atom. The summed E-state index contributed by atoms with van der Waals surface area (Å²) in [5.74, 6) is 2.13. The van der Waals surface area contributed by atoms with E-state index in [2.05, 4.69) is 27.2 Å². The minimum Gasteiger partial charge on any atom is -0.481 e. The smallest absolute Gasteiger partial charge is 0.223 e. The molecular formula is C17H22N4O. The van der Waals surface area contributed by atoms with E-state index in [0.29, 0.717) is 17.9 Å². The van der Waals surface area contributed by atoms with Crippen molar-refractivity contribution in [2.24, 2.45) is 5.92 Å². The molecule has 0 saturated heterocycles. The summed E-state index contributed by atoms with van der Waals surface area (Å²) in [6.07, 6.45) is 8.46. The zero-order valence-electron chi connectivity index (χ0n) is 13.1. The summed E-state index contributed by atoms with van der Waals surface area (Å²) in [6, 6.07) is 6.20. The van der Waals surface area contributed by atoms with Gasteiger partial charge in [0, 0.05) is 30.1 Å². The van der Waals surface area contributed by atoms with Crippen molar-refractivity contribution in [1.82, 2.24) is 15.0 Å². The first kappa shape index (κ1) is 14.8. The van der Waals surface area contributed by atoms with E-state index < -0.39 is 0 Å². The highest BCUT2D eigenvalue weighted by atomic mass is 16.5. The zero-order chi connectivity index (χ0) is 15.4. The normalized spacial score (nSPS) is 21.4. The molecule has 0 bridgehead atoms. The molecule has 2 aromatic heterocycles. The summed E-state index contributed by atoms with van der Waals surface area (Å²) in [5, 5.41) is 3.47. The quantitative estimate of drug-likeness (QED) is 0.935. The number of anilines is 1. The van der Waals surface area contributed by atoms with Crippen LogP contribution in [0.25, 0.3) is 11.3 Å². The van der Waals surface area contributed by atoms with Crippen molar-refractivity contribution < 1.29 is 4.74 Å². The van der Waals surface area contributed by atoms with Crippen LogP contribution in [0.4, 0.5) is 5.95 Å². The lowest BCUT2D eigenvalue weighted by Crippen LogP contribution is -2.26. The Labute approximate surface area is 131 Å². The SMILES string of the molecule is COc1cc(-c2ccnc(NC3CCC(C)CC3)n2)ccn1. The third kappa shape index (κ3) is 3.53. The van der Waals surface area contributed by atoms with Gasteiger partial charge in [0.2, 0.25) is 11.8 Å². The molecule has 1 fully saturated rings. The molecule has 0 spiro atoms. The van der Waals surface area contributed by atoms with Crippen LogP contribution in [0.15, 0.2) is 30.6 Å². The lowest BCUT2D eigenvalue weighted by Gasteiger charge is -2.26. The molecule has 22 heavy (non-hydrogen) atoms. The van der Waals surface area contributed by atoms with E-state index in [1.54, 1.807) is 19.5 Å². The number of hydrogen-bond acceptors (Lipinski definition) is 5. The zero-order valence-corrected chi connectivity index (χ0v) is 13.1. The number of methoxy groups -OCH3 is 1. The highest BCUT2D eigenvalue weighted by molar-refractivity contribution is 5.60. The summed E-state index contributed by atoms with van der Waals surface area (Å²) in [5.41, 5.74) is 1.86. The van der Waals surface area contributed by atoms with Crippen LogP contribution in [0, 0.1) is 5.92 Å². The van der Waals surface area contributed by atoms with E-state index in [9.17, 15) is 0 Å². The minimum atomic E-state index is 0.485. The number of ether oxygens (including phenoxy) is 1. The molecule has 1 N–H and O–H groups in total. The summed E-state index contributed by atoms with van der Waals surface area (Å²) < 4.78 is 5.17. The number of hydrogen-bond donors (Lipinski definition) is 1. The van der Waals surface area contributed by atoms with Crippen LogP contribution in [0.3, 0.4) is 0 Å². The standard InChI is InChI=1S/C17H22N4O/c1-12-3-5-14(6-4-12)20-17-19-10-8-15(21-17)13-7-9-18-16(11-13)22-2/h7-12,14H,3-6H2,1-2H3,(H,19,20,21). The van der Waals surface area contributed by atoms with Crippen LogP contribution < -0.4 is 10.1 Å². The van der Waals surface area contributed by atoms with Gasteiger partial charge in [0.25, 0.3) is 0 Å². The Morgan fingerprint density at radius 2 is 1.86 bits per heavy atom. The summed E-state index contributed by atoms with van der Waals surface area (Å²) >= 11 is 0. The number of nitrogens with one attached hydrogen (secondary N) is 1. The highest BCUT2D eigenvalue weighted by Gasteiger charge is 2.18. The van der Waals surface area contributed by atoms with Gasteiger partial charge in [-0.1, -0.05) is 6.92 Å². The number of rotatable bonds is 4. The van der Waals surface area contributed by atoms with Gasteiger partial charge in [-0.25, -0.2) is 15.0 Å². The van der Waals surface area contributed by atoms with Gasteiger partial charge in [0.1, 0.15) is 0 Å². The van der Waals surface area contributed by atoms with Crippen molar-refractivity contribution in [2.45, 2.75) is 38.6 Å². The molecule has 0 atom stereocenters. The van der Waals surface area contributed by atoms with Gasteiger partial charge in [0.15, 0.2) is 0 Å². The van der Waals surface area contributed by atoms with E-state index >= 15 is 0 Å². The fraction of sp³-hybridized carbons (Fsp3) is 0.471. The fourth-order valence-electron chi connectivity index (χ4n) is 2.86. The third-order valence-electron chi connectivity index (χ3n) is 4.24. The first-order valence-corrected chi connectivity index (χ1v) is 7.84. The Balaban J connectivity index is 1.74. The summed E-state index contributed by atoms with van der Waals surface area (Å²) in [4.78, 5) is 13.1. The van der Waals surface area contributed by atoms with E-state index in [4.69, 9.17) is 4.74 Å². The van der Waals surface area contributed by atoms with Gasteiger partial charge in [-0.15, -0.1) is 0 Å². The molecule has 2 aromatic rings. The monoisotopic (exact) mass is 298 g/mol. The van der Waals surface area contributed by atoms with Crippen LogP contribution in [-0.4, -0.2) is 28.1 Å². The van der Waals surface area contributed by atoms with E-state index in [1.807, 2.05) is 18.2 Å². The van der Waals surface area contributed by atoms with Crippen molar-refractivity contribution in [3.63, 3.8) is 0 Å². The van der Waals surface area contributed by atoms with Crippen LogP contribution in [0.5, 0.6) is 5.88 Å². The molecule has 3 rings (SSSR count). The predicted molar refractivity (Wildman–Crippen MR) is 86.9 cm³/mol. The van der Waals surface area contributed by atoms with Crippen molar-refractivity contribution in [1.29, 1.82) is 0 Å². The first-order valence-electron chi connectivity index (χ1n) is 7.84. The molecule has 116 valence electrons. The van der Waals surface area contributed by atoms with E-state index in [0.717, 1.165) is 17.2 Å². The van der Waals surface area contributed by atoms with Crippen molar-refractivity contribution in [2.75, 3.05) is 12.4 Å². The van der Waals surface area contributed by atoms with Crippen LogP contribution >= 0.6 is 0 Å². The Bertz CT molecular complexity index is 624. The van der Waals surface area contributed by atoms with Gasteiger partial charge < -0.3 is 10.1 Å². The first-order chi connectivity index (χ1) is 10.7. The molecule has 0 aromatic carbocycles. The second-order valence-corrected chi connectivity index (χ2v) is 5.95. The molecule has 5 nitrogen and oxygen atoms in total. The van der Waals surface area contributed by atoms with Gasteiger partial charge in [-0.2, -0.15) is 0 Å². The second-order valence-electron chi connectivity index (χ2n) is 5.95. The maximum atomic E-state index is 5.17. The molecule has 1 aliphatic carbocycles. The van der Waals surface area contributed by atoms with Gasteiger partial charge in [-0.05, 0) is 43.7 Å². The van der Waals surface area contributed by atoms with Crippen LogP contribution in [0.1, 0.15) is 32.6 Å². The highest BCUT2D eigenvalue weighted by Crippen LogP contribution is 2.26. The van der Waals surface area contributed by atoms with Crippen molar-refractivity contribution in [3.05, 3.63) is 30.6 Å². The van der Waals surface area contributed by atoms with Crippen LogP contribution in [-0.2, 0) is 0 Å². The average molecular weight is 298 g/mol. The van der Waals surface area contributed by atoms with Crippen LogP contribution in [0.2, 0.25) is 0 Å². The van der Waals surface area contributed by atoms with E-state index in [-0.39, 0.29) is 0 Å². The topological polar surface area (TPSA) is 59.9 Å². The Kier molecular flexibility index (Phi) is 4.51. The maximum Gasteiger partial charge on any atom is 0.223 e. The van der Waals surface area contributed by atoms with Gasteiger partial charge >= 0.3 is 0 Å². The molecule has 5 heteroatoms. The van der Waals surface area contributed by atoms with E-state index in [1.165, 1.54) is 25.7 Å². The van der Waals surface area contributed by atoms with Crippen molar-refractivity contribution >= 4 is 5.95 Å². The third-order valence-corrected chi connectivity index (χ3v) is 4.24. The molecule has 1 aliphatic rings. The Morgan fingerprint density at radius 3 is 2.64 bits per heavy atom. The number of nitrogens with zero attached hydrogens (tertiary/aromatic N) is 3. The molecule has 2 heterocycles. The fourth-order valence-corrected chi connectivity index (χ4v) is 2.86. The lowest BCUT2D eigenvalue weighted by atomic mass is 9.87. The predicted octanol–water partition coefficient (Wildman–Crippen LogP) is 3.54. The van der Waals surface area contributed by atoms with Crippen molar-refractivity contribution in [3.8, 4) is 17.1 Å².